The first-order valence-corrected chi connectivity index (χ1v) is 7.10. The van der Waals surface area contributed by atoms with Crippen LogP contribution in [0, 0.1) is 6.92 Å². The second kappa shape index (κ2) is 7.10. The summed E-state index contributed by atoms with van der Waals surface area (Å²) in [5.41, 5.74) is 3.61. The molecular formula is C16H23N3O. The lowest BCUT2D eigenvalue weighted by molar-refractivity contribution is 0.315. The fraction of sp³-hybridized carbons (Fsp3) is 0.438. The molecule has 4 heteroatoms. The monoisotopic (exact) mass is 273 g/mol. The smallest absolute Gasteiger partial charge is 0.126 e. The van der Waals surface area contributed by atoms with E-state index in [9.17, 15) is 0 Å². The first-order chi connectivity index (χ1) is 9.70. The first-order valence-electron chi connectivity index (χ1n) is 7.10. The predicted octanol–water partition coefficient (Wildman–Crippen LogP) is 2.46. The van der Waals surface area contributed by atoms with Gasteiger partial charge in [-0.2, -0.15) is 5.10 Å². The Morgan fingerprint density at radius 3 is 2.90 bits per heavy atom. The molecule has 0 unspecified atom stereocenters. The van der Waals surface area contributed by atoms with Crippen molar-refractivity contribution in [2.75, 3.05) is 13.2 Å². The Kier molecular flexibility index (Phi) is 5.18. The highest BCUT2D eigenvalue weighted by Crippen LogP contribution is 2.23. The summed E-state index contributed by atoms with van der Waals surface area (Å²) < 4.78 is 7.82. The maximum Gasteiger partial charge on any atom is 0.126 e. The van der Waals surface area contributed by atoms with Crippen molar-refractivity contribution in [2.24, 2.45) is 7.05 Å². The molecule has 4 nitrogen and oxygen atoms in total. The van der Waals surface area contributed by atoms with Crippen molar-refractivity contribution in [1.29, 1.82) is 0 Å². The lowest BCUT2D eigenvalue weighted by atomic mass is 10.1. The van der Waals surface area contributed by atoms with Crippen LogP contribution < -0.4 is 10.1 Å². The molecule has 108 valence electrons. The molecule has 0 amide bonds. The summed E-state index contributed by atoms with van der Waals surface area (Å²) in [4.78, 5) is 0. The van der Waals surface area contributed by atoms with Gasteiger partial charge in [-0.05, 0) is 24.6 Å². The van der Waals surface area contributed by atoms with Gasteiger partial charge in [-0.15, -0.1) is 0 Å². The van der Waals surface area contributed by atoms with Gasteiger partial charge in [0.05, 0.1) is 12.8 Å². The molecule has 0 saturated heterocycles. The maximum absolute atomic E-state index is 6.00. The van der Waals surface area contributed by atoms with Crippen LogP contribution in [0.4, 0.5) is 0 Å². The van der Waals surface area contributed by atoms with E-state index in [-0.39, 0.29) is 0 Å². The predicted molar refractivity (Wildman–Crippen MR) is 81.0 cm³/mol. The number of nitrogens with one attached hydrogen (secondary N) is 1. The topological polar surface area (TPSA) is 39.1 Å². The number of hydrogen-bond acceptors (Lipinski definition) is 3. The second-order valence-corrected chi connectivity index (χ2v) is 4.96. The molecule has 1 aromatic carbocycles. The molecule has 0 spiro atoms. The Labute approximate surface area is 120 Å². The molecule has 1 N–H and O–H groups in total. The second-order valence-electron chi connectivity index (χ2n) is 4.96. The molecule has 0 aliphatic rings. The summed E-state index contributed by atoms with van der Waals surface area (Å²) in [6.07, 6.45) is 4.80. The molecule has 0 saturated carbocycles. The molecule has 2 rings (SSSR count). The average Bonchev–Trinajstić information content (AvgIpc) is 2.84. The Balaban J connectivity index is 1.97. The van der Waals surface area contributed by atoms with Crippen molar-refractivity contribution in [3.63, 3.8) is 0 Å². The van der Waals surface area contributed by atoms with Crippen molar-refractivity contribution in [2.45, 2.75) is 26.8 Å². The third-order valence-corrected chi connectivity index (χ3v) is 3.25. The van der Waals surface area contributed by atoms with Gasteiger partial charge < -0.3 is 10.1 Å². The molecule has 0 radical (unpaired) electrons. The third-order valence-electron chi connectivity index (χ3n) is 3.25. The van der Waals surface area contributed by atoms with Crippen LogP contribution in [-0.4, -0.2) is 22.9 Å². The highest BCUT2D eigenvalue weighted by Gasteiger charge is 2.07. The van der Waals surface area contributed by atoms with E-state index in [4.69, 9.17) is 4.74 Å². The van der Waals surface area contributed by atoms with Gasteiger partial charge in [-0.1, -0.05) is 25.1 Å². The molecule has 0 aliphatic carbocycles. The van der Waals surface area contributed by atoms with Crippen molar-refractivity contribution < 1.29 is 4.74 Å². The van der Waals surface area contributed by atoms with E-state index >= 15 is 0 Å². The van der Waals surface area contributed by atoms with Gasteiger partial charge >= 0.3 is 0 Å². The molecule has 0 atom stereocenters. The molecule has 1 aromatic heterocycles. The molecular weight excluding hydrogens is 250 g/mol. The highest BCUT2D eigenvalue weighted by atomic mass is 16.5. The van der Waals surface area contributed by atoms with Gasteiger partial charge in [0.2, 0.25) is 0 Å². The average molecular weight is 273 g/mol. The summed E-state index contributed by atoms with van der Waals surface area (Å²) in [6, 6.07) is 6.29. The van der Waals surface area contributed by atoms with Gasteiger partial charge in [0, 0.05) is 31.8 Å². The van der Waals surface area contributed by atoms with Gasteiger partial charge in [0.25, 0.3) is 0 Å². The van der Waals surface area contributed by atoms with Crippen LogP contribution in [0.1, 0.15) is 23.6 Å². The van der Waals surface area contributed by atoms with Gasteiger partial charge in [0.15, 0.2) is 0 Å². The number of para-hydroxylation sites is 1. The Morgan fingerprint density at radius 1 is 1.35 bits per heavy atom. The van der Waals surface area contributed by atoms with Crippen LogP contribution in [-0.2, 0) is 20.0 Å². The zero-order valence-electron chi connectivity index (χ0n) is 12.5. The van der Waals surface area contributed by atoms with E-state index < -0.39 is 0 Å². The minimum absolute atomic E-state index is 0.676. The Morgan fingerprint density at radius 2 is 2.20 bits per heavy atom. The lowest BCUT2D eigenvalue weighted by Crippen LogP contribution is -2.14. The van der Waals surface area contributed by atoms with E-state index in [1.165, 1.54) is 16.7 Å². The number of aromatic nitrogens is 2. The third kappa shape index (κ3) is 3.84. The summed E-state index contributed by atoms with van der Waals surface area (Å²) in [6.45, 7) is 6.69. The van der Waals surface area contributed by atoms with E-state index in [1.54, 1.807) is 0 Å². The van der Waals surface area contributed by atoms with Crippen LogP contribution in [0.15, 0.2) is 30.6 Å². The van der Waals surface area contributed by atoms with Gasteiger partial charge in [0.1, 0.15) is 5.75 Å². The molecule has 2 aromatic rings. The Hall–Kier alpha value is -1.81. The fourth-order valence-corrected chi connectivity index (χ4v) is 2.19. The van der Waals surface area contributed by atoms with Crippen molar-refractivity contribution in [3.05, 3.63) is 47.3 Å². The quantitative estimate of drug-likeness (QED) is 0.842. The van der Waals surface area contributed by atoms with Crippen molar-refractivity contribution in [1.82, 2.24) is 15.1 Å². The summed E-state index contributed by atoms with van der Waals surface area (Å²) in [7, 11) is 1.93. The zero-order valence-corrected chi connectivity index (χ0v) is 12.5. The van der Waals surface area contributed by atoms with Crippen molar-refractivity contribution >= 4 is 0 Å². The van der Waals surface area contributed by atoms with Gasteiger partial charge in [-0.25, -0.2) is 0 Å². The van der Waals surface area contributed by atoms with Crippen LogP contribution in [0.5, 0.6) is 5.75 Å². The minimum Gasteiger partial charge on any atom is -0.493 e. The zero-order chi connectivity index (χ0) is 14.4. The van der Waals surface area contributed by atoms with Crippen molar-refractivity contribution in [3.8, 4) is 5.75 Å². The summed E-state index contributed by atoms with van der Waals surface area (Å²) >= 11 is 0. The minimum atomic E-state index is 0.676. The number of nitrogens with zero attached hydrogens (tertiary/aromatic N) is 2. The van der Waals surface area contributed by atoms with E-state index in [1.807, 2.05) is 24.1 Å². The van der Waals surface area contributed by atoms with Crippen LogP contribution >= 0.6 is 0 Å². The molecule has 0 bridgehead atoms. The number of rotatable bonds is 7. The molecule has 20 heavy (non-hydrogen) atoms. The largest absolute Gasteiger partial charge is 0.493 e. The SMILES string of the molecule is CCNCc1cccc(C)c1OCCc1cnn(C)c1. The maximum atomic E-state index is 6.00. The number of benzene rings is 1. The standard InChI is InChI=1S/C16H23N3O/c1-4-17-11-15-7-5-6-13(2)16(15)20-9-8-14-10-18-19(3)12-14/h5-7,10,12,17H,4,8-9,11H2,1-3H3. The van der Waals surface area contributed by atoms with E-state index in [0.29, 0.717) is 6.61 Å². The highest BCUT2D eigenvalue weighted by molar-refractivity contribution is 5.40. The lowest BCUT2D eigenvalue weighted by Gasteiger charge is -2.14. The molecule has 0 aliphatic heterocycles. The van der Waals surface area contributed by atoms with Crippen LogP contribution in [0.25, 0.3) is 0 Å². The normalized spacial score (nSPS) is 10.8. The first kappa shape index (κ1) is 14.6. The number of ether oxygens (including phenoxy) is 1. The fourth-order valence-electron chi connectivity index (χ4n) is 2.19. The van der Waals surface area contributed by atoms with Crippen LogP contribution in [0.3, 0.4) is 0 Å². The Bertz CT molecular complexity index is 548. The summed E-state index contributed by atoms with van der Waals surface area (Å²) in [5.74, 6) is 1.01. The van der Waals surface area contributed by atoms with Gasteiger partial charge in [-0.3, -0.25) is 4.68 Å². The molecule has 0 fully saturated rings. The molecule has 1 heterocycles. The number of hydrogen-bond donors (Lipinski definition) is 1. The summed E-state index contributed by atoms with van der Waals surface area (Å²) in [5, 5.41) is 7.52. The van der Waals surface area contributed by atoms with E-state index in [2.05, 4.69) is 42.5 Å². The van der Waals surface area contributed by atoms with Crippen LogP contribution in [0.2, 0.25) is 0 Å². The van der Waals surface area contributed by atoms with E-state index in [0.717, 1.165) is 25.3 Å². The number of aryl methyl sites for hydroxylation is 2.